The lowest BCUT2D eigenvalue weighted by atomic mass is 9.76. The fourth-order valence-electron chi connectivity index (χ4n) is 6.39. The lowest BCUT2D eigenvalue weighted by molar-refractivity contribution is 0.0240. The van der Waals surface area contributed by atoms with E-state index in [-0.39, 0.29) is 6.09 Å². The van der Waals surface area contributed by atoms with Crippen molar-refractivity contribution in [1.82, 2.24) is 4.90 Å². The van der Waals surface area contributed by atoms with Crippen molar-refractivity contribution in [3.63, 3.8) is 0 Å². The van der Waals surface area contributed by atoms with Gasteiger partial charge in [0.15, 0.2) is 0 Å². The van der Waals surface area contributed by atoms with Crippen LogP contribution in [0.15, 0.2) is 42.5 Å². The highest BCUT2D eigenvalue weighted by molar-refractivity contribution is 6.32. The Balaban J connectivity index is 1.14. The quantitative estimate of drug-likeness (QED) is 0.457. The predicted molar refractivity (Wildman–Crippen MR) is 158 cm³/mol. The van der Waals surface area contributed by atoms with Gasteiger partial charge in [0.1, 0.15) is 11.7 Å². The van der Waals surface area contributed by atoms with Gasteiger partial charge in [-0.1, -0.05) is 11.6 Å². The van der Waals surface area contributed by atoms with Crippen LogP contribution in [0.2, 0.25) is 5.02 Å². The second-order valence-corrected chi connectivity index (χ2v) is 12.8. The van der Waals surface area contributed by atoms with Crippen molar-refractivity contribution in [3.8, 4) is 6.07 Å². The van der Waals surface area contributed by atoms with Crippen LogP contribution >= 0.6 is 11.6 Å². The topological polar surface area (TPSA) is 63.0 Å². The molecule has 3 fully saturated rings. The van der Waals surface area contributed by atoms with Crippen LogP contribution < -0.4 is 14.7 Å². The van der Waals surface area contributed by atoms with E-state index < -0.39 is 5.60 Å². The van der Waals surface area contributed by atoms with E-state index in [1.54, 1.807) is 4.90 Å². The van der Waals surface area contributed by atoms with Gasteiger partial charge in [0.25, 0.3) is 0 Å². The Hall–Kier alpha value is -3.11. The van der Waals surface area contributed by atoms with Crippen molar-refractivity contribution in [2.45, 2.75) is 58.6 Å². The van der Waals surface area contributed by atoms with Gasteiger partial charge in [0, 0.05) is 68.9 Å². The Morgan fingerprint density at radius 3 is 2.05 bits per heavy atom. The number of nitrogens with zero attached hydrogens (tertiary/aromatic N) is 5. The zero-order valence-electron chi connectivity index (χ0n) is 23.6. The van der Waals surface area contributed by atoms with E-state index >= 15 is 0 Å². The van der Waals surface area contributed by atoms with Crippen molar-refractivity contribution in [2.24, 2.45) is 5.41 Å². The first-order valence-electron chi connectivity index (χ1n) is 14.1. The number of carbonyl (C=O) groups is 1. The van der Waals surface area contributed by atoms with E-state index in [0.717, 1.165) is 38.4 Å². The summed E-state index contributed by atoms with van der Waals surface area (Å²) < 4.78 is 5.53. The summed E-state index contributed by atoms with van der Waals surface area (Å²) >= 11 is 6.34. The first-order valence-corrected chi connectivity index (χ1v) is 14.5. The molecule has 3 heterocycles. The van der Waals surface area contributed by atoms with E-state index in [2.05, 4.69) is 52.0 Å². The van der Waals surface area contributed by atoms with Gasteiger partial charge < -0.3 is 24.3 Å². The Kier molecular flexibility index (Phi) is 7.61. The zero-order valence-corrected chi connectivity index (χ0v) is 24.4. The van der Waals surface area contributed by atoms with E-state index in [4.69, 9.17) is 16.3 Å². The number of carbonyl (C=O) groups excluding carboxylic acids is 1. The summed E-state index contributed by atoms with van der Waals surface area (Å²) in [5.41, 5.74) is 3.99. The molecule has 3 aliphatic rings. The van der Waals surface area contributed by atoms with Crippen LogP contribution in [-0.4, -0.2) is 68.4 Å². The molecular formula is C31H40ClN5O2. The number of amides is 1. The molecule has 5 rings (SSSR count). The number of benzene rings is 2. The fraction of sp³-hybridized carbons (Fsp3) is 0.548. The van der Waals surface area contributed by atoms with E-state index in [0.29, 0.717) is 35.1 Å². The van der Waals surface area contributed by atoms with Crippen LogP contribution in [-0.2, 0) is 4.74 Å². The first kappa shape index (κ1) is 27.5. The number of halogens is 1. The minimum absolute atomic E-state index is 0.221. The van der Waals surface area contributed by atoms with Gasteiger partial charge >= 0.3 is 6.09 Å². The Labute approximate surface area is 237 Å². The molecule has 3 aliphatic heterocycles. The van der Waals surface area contributed by atoms with Crippen molar-refractivity contribution < 1.29 is 9.53 Å². The molecule has 208 valence electrons. The molecule has 0 aliphatic carbocycles. The summed E-state index contributed by atoms with van der Waals surface area (Å²) in [5, 5.41) is 9.75. The summed E-state index contributed by atoms with van der Waals surface area (Å²) in [6.07, 6.45) is 3.31. The van der Waals surface area contributed by atoms with Crippen molar-refractivity contribution >= 4 is 34.8 Å². The number of rotatable bonds is 3. The Morgan fingerprint density at radius 2 is 1.51 bits per heavy atom. The normalized spacial score (nSPS) is 21.3. The van der Waals surface area contributed by atoms with Crippen LogP contribution in [0, 0.1) is 16.7 Å². The number of anilines is 3. The molecule has 1 amide bonds. The van der Waals surface area contributed by atoms with Crippen molar-refractivity contribution in [1.29, 1.82) is 5.26 Å². The van der Waals surface area contributed by atoms with Crippen LogP contribution in [0.1, 0.15) is 52.5 Å². The van der Waals surface area contributed by atoms with E-state index in [1.165, 1.54) is 30.6 Å². The van der Waals surface area contributed by atoms with Gasteiger partial charge in [0.05, 0.1) is 10.6 Å². The number of hydrogen-bond acceptors (Lipinski definition) is 6. The predicted octanol–water partition coefficient (Wildman–Crippen LogP) is 6.15. The van der Waals surface area contributed by atoms with Crippen molar-refractivity contribution in [3.05, 3.63) is 53.1 Å². The highest BCUT2D eigenvalue weighted by Gasteiger charge is 2.44. The summed E-state index contributed by atoms with van der Waals surface area (Å²) in [7, 11) is 0. The molecule has 7 nitrogen and oxygen atoms in total. The minimum Gasteiger partial charge on any atom is -0.444 e. The van der Waals surface area contributed by atoms with E-state index in [1.807, 2.05) is 39.0 Å². The lowest BCUT2D eigenvalue weighted by Gasteiger charge is -2.41. The monoisotopic (exact) mass is 549 g/mol. The van der Waals surface area contributed by atoms with Crippen LogP contribution in [0.5, 0.6) is 0 Å². The lowest BCUT2D eigenvalue weighted by Crippen LogP contribution is -2.50. The third kappa shape index (κ3) is 6.06. The minimum atomic E-state index is -0.465. The maximum absolute atomic E-state index is 12.4. The molecule has 2 aromatic carbocycles. The molecule has 2 aromatic rings. The van der Waals surface area contributed by atoms with Crippen LogP contribution in [0.3, 0.4) is 0 Å². The van der Waals surface area contributed by atoms with Gasteiger partial charge in [-0.05, 0) is 94.8 Å². The molecule has 8 heteroatoms. The fourth-order valence-corrected chi connectivity index (χ4v) is 6.60. The molecule has 0 radical (unpaired) electrons. The third-order valence-corrected chi connectivity index (χ3v) is 8.82. The smallest absolute Gasteiger partial charge is 0.410 e. The molecule has 0 aromatic heterocycles. The molecule has 0 N–H and O–H groups in total. The molecule has 0 saturated carbocycles. The van der Waals surface area contributed by atoms with Gasteiger partial charge in [-0.15, -0.1) is 0 Å². The van der Waals surface area contributed by atoms with Gasteiger partial charge in [0.2, 0.25) is 0 Å². The Morgan fingerprint density at radius 1 is 0.949 bits per heavy atom. The van der Waals surface area contributed by atoms with Gasteiger partial charge in [-0.2, -0.15) is 5.26 Å². The average molecular weight is 550 g/mol. The molecule has 0 bridgehead atoms. The summed E-state index contributed by atoms with van der Waals surface area (Å²) in [5.74, 6) is 0. The Bertz CT molecular complexity index is 1220. The maximum Gasteiger partial charge on any atom is 0.410 e. The van der Waals surface area contributed by atoms with Crippen molar-refractivity contribution in [2.75, 3.05) is 60.5 Å². The highest BCUT2D eigenvalue weighted by atomic mass is 35.5. The largest absolute Gasteiger partial charge is 0.444 e. The molecule has 1 spiro atoms. The van der Waals surface area contributed by atoms with Crippen LogP contribution in [0.25, 0.3) is 0 Å². The number of piperidine rings is 1. The zero-order chi connectivity index (χ0) is 27.8. The standard InChI is InChI=1S/C31H40ClN5O2/c1-23-20-31(22-37(23)27-6-5-24(21-33)28(32)19-27)11-13-34(14-12-31)25-7-9-26(10-8-25)35-15-17-36(18-16-35)29(38)39-30(2,3)4/h5-10,19,23H,11-18,20,22H2,1-4H3/t23-/m0/s1. The summed E-state index contributed by atoms with van der Waals surface area (Å²) in [6.45, 7) is 14.1. The summed E-state index contributed by atoms with van der Waals surface area (Å²) in [6, 6.07) is 17.4. The van der Waals surface area contributed by atoms with Gasteiger partial charge in [-0.25, -0.2) is 4.79 Å². The second-order valence-electron chi connectivity index (χ2n) is 12.4. The number of ether oxygens (including phenoxy) is 1. The molecule has 1 atom stereocenters. The summed E-state index contributed by atoms with van der Waals surface area (Å²) in [4.78, 5) is 21.5. The third-order valence-electron chi connectivity index (χ3n) is 8.51. The number of piperazine rings is 1. The maximum atomic E-state index is 12.4. The highest BCUT2D eigenvalue weighted by Crippen LogP contribution is 2.46. The number of hydrogen-bond donors (Lipinski definition) is 0. The average Bonchev–Trinajstić information content (AvgIpc) is 3.23. The molecule has 0 unspecified atom stereocenters. The number of nitriles is 1. The second kappa shape index (κ2) is 10.8. The molecule has 39 heavy (non-hydrogen) atoms. The SMILES string of the molecule is C[C@H]1CC2(CCN(c3ccc(N4CCN(C(=O)OC(C)(C)C)CC4)cc3)CC2)CN1c1ccc(C#N)c(Cl)c1. The van der Waals surface area contributed by atoms with E-state index in [9.17, 15) is 10.1 Å². The van der Waals surface area contributed by atoms with Crippen LogP contribution in [0.4, 0.5) is 21.9 Å². The first-order chi connectivity index (χ1) is 18.6. The molecular weight excluding hydrogens is 510 g/mol. The molecule has 3 saturated heterocycles. The van der Waals surface area contributed by atoms with Gasteiger partial charge in [-0.3, -0.25) is 0 Å².